The third-order valence-corrected chi connectivity index (χ3v) is 6.52. The van der Waals surface area contributed by atoms with Crippen LogP contribution >= 0.6 is 0 Å². The highest BCUT2D eigenvalue weighted by Crippen LogP contribution is 2.44. The summed E-state index contributed by atoms with van der Waals surface area (Å²) < 4.78 is 16.3. The summed E-state index contributed by atoms with van der Waals surface area (Å²) in [5.74, 6) is -0.467. The molecule has 7 nitrogen and oxygen atoms in total. The van der Waals surface area contributed by atoms with Crippen molar-refractivity contribution in [3.05, 3.63) is 82.8 Å². The van der Waals surface area contributed by atoms with Crippen molar-refractivity contribution in [2.24, 2.45) is 0 Å². The van der Waals surface area contributed by atoms with E-state index in [9.17, 15) is 14.7 Å². The highest BCUT2D eigenvalue weighted by atomic mass is 16.5. The van der Waals surface area contributed by atoms with Crippen LogP contribution in [0.15, 0.2) is 64.8 Å². The number of hydrogen-bond donors (Lipinski definition) is 1. The first kappa shape index (κ1) is 21.8. The number of rotatable bonds is 5. The Balaban J connectivity index is 1.66. The van der Waals surface area contributed by atoms with E-state index in [0.717, 1.165) is 25.7 Å². The maximum atomic E-state index is 13.3. The molecular formula is C27H25NO6. The van der Waals surface area contributed by atoms with E-state index >= 15 is 0 Å². The molecule has 0 bridgehead atoms. The molecule has 34 heavy (non-hydrogen) atoms. The average molecular weight is 459 g/mol. The van der Waals surface area contributed by atoms with Gasteiger partial charge < -0.3 is 19.0 Å². The van der Waals surface area contributed by atoms with Gasteiger partial charge in [0.25, 0.3) is 11.7 Å². The van der Waals surface area contributed by atoms with Crippen LogP contribution in [0.25, 0.3) is 5.76 Å². The molecule has 5 rings (SSSR count). The molecule has 0 radical (unpaired) electrons. The molecule has 1 aromatic heterocycles. The van der Waals surface area contributed by atoms with Gasteiger partial charge in [0.05, 0.1) is 26.1 Å². The van der Waals surface area contributed by atoms with E-state index in [0.29, 0.717) is 28.5 Å². The largest absolute Gasteiger partial charge is 0.507 e. The number of carbonyl (C=O) groups is 2. The summed E-state index contributed by atoms with van der Waals surface area (Å²) >= 11 is 0. The van der Waals surface area contributed by atoms with Gasteiger partial charge in [-0.2, -0.15) is 0 Å². The maximum absolute atomic E-state index is 13.3. The maximum Gasteiger partial charge on any atom is 0.300 e. The Morgan fingerprint density at radius 2 is 1.74 bits per heavy atom. The van der Waals surface area contributed by atoms with Crippen LogP contribution in [0.2, 0.25) is 0 Å². The second-order valence-electron chi connectivity index (χ2n) is 8.41. The molecule has 1 amide bonds. The number of fused-ring (bicyclic) bond motifs is 1. The molecule has 174 valence electrons. The van der Waals surface area contributed by atoms with Gasteiger partial charge >= 0.3 is 0 Å². The summed E-state index contributed by atoms with van der Waals surface area (Å²) in [5, 5.41) is 11.3. The number of carbonyl (C=O) groups excluding carboxylic acids is 2. The number of Topliss-reactive ketones (excluding diaryl/α,β-unsaturated/α-hetero) is 1. The van der Waals surface area contributed by atoms with Crippen molar-refractivity contribution >= 4 is 23.1 Å². The Morgan fingerprint density at radius 3 is 2.44 bits per heavy atom. The summed E-state index contributed by atoms with van der Waals surface area (Å²) in [7, 11) is 3.01. The third-order valence-electron chi connectivity index (χ3n) is 6.52. The van der Waals surface area contributed by atoms with Crippen LogP contribution < -0.4 is 14.4 Å². The molecule has 2 aromatic carbocycles. The lowest BCUT2D eigenvalue weighted by molar-refractivity contribution is -0.132. The van der Waals surface area contributed by atoms with Gasteiger partial charge in [0.1, 0.15) is 17.6 Å². The lowest BCUT2D eigenvalue weighted by Crippen LogP contribution is -2.29. The molecule has 0 spiro atoms. The number of hydrogen-bond acceptors (Lipinski definition) is 6. The number of nitrogens with zero attached hydrogens (tertiary/aromatic N) is 1. The average Bonchev–Trinajstić information content (AvgIpc) is 3.49. The van der Waals surface area contributed by atoms with Crippen molar-refractivity contribution in [1.29, 1.82) is 0 Å². The summed E-state index contributed by atoms with van der Waals surface area (Å²) in [4.78, 5) is 27.9. The highest BCUT2D eigenvalue weighted by Gasteiger charge is 2.48. The topological polar surface area (TPSA) is 89.2 Å². The van der Waals surface area contributed by atoms with Gasteiger partial charge in [-0.1, -0.05) is 12.1 Å². The van der Waals surface area contributed by atoms with Crippen molar-refractivity contribution in [1.82, 2.24) is 0 Å². The molecule has 3 aromatic rings. The number of aliphatic hydroxyl groups excluding tert-OH is 1. The van der Waals surface area contributed by atoms with Gasteiger partial charge in [0.15, 0.2) is 11.5 Å². The number of ether oxygens (including phenoxy) is 2. The fraction of sp³-hybridized carbons (Fsp3) is 0.259. The Morgan fingerprint density at radius 1 is 0.971 bits per heavy atom. The van der Waals surface area contributed by atoms with Crippen molar-refractivity contribution in [3.63, 3.8) is 0 Å². The van der Waals surface area contributed by atoms with E-state index in [-0.39, 0.29) is 11.3 Å². The van der Waals surface area contributed by atoms with E-state index in [1.807, 2.05) is 18.2 Å². The van der Waals surface area contributed by atoms with E-state index in [4.69, 9.17) is 13.9 Å². The zero-order valence-corrected chi connectivity index (χ0v) is 19.0. The van der Waals surface area contributed by atoms with Gasteiger partial charge in [0, 0.05) is 17.3 Å². The standard InChI is InChI=1S/C27H25NO6/c1-32-20-12-11-19(15-22(20)33-2)28-24(21-8-5-13-34-21)23(26(30)27(28)31)25(29)18-10-9-16-6-3-4-7-17(16)14-18/h5,8-15,24,29H,3-4,6-7H2,1-2H3/b25-23-. The molecule has 7 heteroatoms. The van der Waals surface area contributed by atoms with E-state index < -0.39 is 17.7 Å². The quantitative estimate of drug-likeness (QED) is 0.335. The molecule has 0 saturated carbocycles. The van der Waals surface area contributed by atoms with Gasteiger partial charge in [-0.3, -0.25) is 14.5 Å². The number of ketones is 1. The first-order valence-corrected chi connectivity index (χ1v) is 11.2. The summed E-state index contributed by atoms with van der Waals surface area (Å²) in [5.41, 5.74) is 3.36. The van der Waals surface area contributed by atoms with Gasteiger partial charge in [-0.15, -0.1) is 0 Å². The van der Waals surface area contributed by atoms with E-state index in [1.54, 1.807) is 30.3 Å². The minimum atomic E-state index is -0.927. The molecule has 1 aliphatic carbocycles. The second-order valence-corrected chi connectivity index (χ2v) is 8.41. The van der Waals surface area contributed by atoms with E-state index in [2.05, 4.69) is 0 Å². The van der Waals surface area contributed by atoms with Crippen molar-refractivity contribution in [2.45, 2.75) is 31.7 Å². The molecule has 2 heterocycles. The van der Waals surface area contributed by atoms with Crippen molar-refractivity contribution in [3.8, 4) is 11.5 Å². The van der Waals surface area contributed by atoms with Gasteiger partial charge in [-0.05, 0) is 67.1 Å². The molecule has 1 saturated heterocycles. The van der Waals surface area contributed by atoms with Crippen LogP contribution in [0.1, 0.15) is 41.3 Å². The SMILES string of the molecule is COc1ccc(N2C(=O)C(=O)/C(=C(\O)c3ccc4c(c3)CCCC4)C2c2ccco2)cc1OC. The number of aryl methyl sites for hydroxylation is 2. The number of methoxy groups -OCH3 is 2. The van der Waals surface area contributed by atoms with Gasteiger partial charge in [-0.25, -0.2) is 0 Å². The minimum Gasteiger partial charge on any atom is -0.507 e. The monoisotopic (exact) mass is 459 g/mol. The molecule has 1 unspecified atom stereocenters. The Labute approximate surface area is 197 Å². The zero-order valence-electron chi connectivity index (χ0n) is 19.0. The number of amides is 1. The van der Waals surface area contributed by atoms with Crippen LogP contribution in [0.4, 0.5) is 5.69 Å². The Hall–Kier alpha value is -4.00. The predicted molar refractivity (Wildman–Crippen MR) is 126 cm³/mol. The first-order valence-electron chi connectivity index (χ1n) is 11.2. The van der Waals surface area contributed by atoms with Crippen molar-refractivity contribution in [2.75, 3.05) is 19.1 Å². The summed E-state index contributed by atoms with van der Waals surface area (Å²) in [6.45, 7) is 0. The summed E-state index contributed by atoms with van der Waals surface area (Å²) in [6, 6.07) is 13.1. The molecule has 1 N–H and O–H groups in total. The molecule has 1 aliphatic heterocycles. The fourth-order valence-electron chi connectivity index (χ4n) is 4.83. The summed E-state index contributed by atoms with van der Waals surface area (Å²) in [6.07, 6.45) is 5.65. The highest BCUT2D eigenvalue weighted by molar-refractivity contribution is 6.51. The molecular weight excluding hydrogens is 434 g/mol. The second kappa shape index (κ2) is 8.74. The van der Waals surface area contributed by atoms with Crippen LogP contribution in [0.3, 0.4) is 0 Å². The molecule has 2 aliphatic rings. The normalized spacial score (nSPS) is 19.2. The Bertz CT molecular complexity index is 1290. The third kappa shape index (κ3) is 3.53. The zero-order chi connectivity index (χ0) is 23.8. The smallest absolute Gasteiger partial charge is 0.300 e. The number of furan rings is 1. The lowest BCUT2D eigenvalue weighted by Gasteiger charge is -2.24. The van der Waals surface area contributed by atoms with Crippen LogP contribution in [0.5, 0.6) is 11.5 Å². The lowest BCUT2D eigenvalue weighted by atomic mass is 9.89. The number of anilines is 1. The van der Waals surface area contributed by atoms with Crippen molar-refractivity contribution < 1.29 is 28.6 Å². The number of benzene rings is 2. The van der Waals surface area contributed by atoms with Crippen LogP contribution in [-0.2, 0) is 22.4 Å². The van der Waals surface area contributed by atoms with Gasteiger partial charge in [0.2, 0.25) is 0 Å². The molecule has 1 fully saturated rings. The first-order chi connectivity index (χ1) is 16.5. The Kier molecular flexibility index (Phi) is 5.61. The van der Waals surface area contributed by atoms with E-state index in [1.165, 1.54) is 36.5 Å². The number of aliphatic hydroxyl groups is 1. The minimum absolute atomic E-state index is 0.00880. The van der Waals surface area contributed by atoms with Crippen LogP contribution in [-0.4, -0.2) is 31.0 Å². The predicted octanol–water partition coefficient (Wildman–Crippen LogP) is 4.80. The van der Waals surface area contributed by atoms with Crippen LogP contribution in [0, 0.1) is 0 Å². The fourth-order valence-corrected chi connectivity index (χ4v) is 4.83. The molecule has 1 atom stereocenters.